The van der Waals surface area contributed by atoms with Crippen molar-refractivity contribution in [2.75, 3.05) is 11.9 Å². The minimum absolute atomic E-state index is 0.212. The molecular formula is C14H17N3O3. The minimum atomic E-state index is -0.516. The maximum atomic E-state index is 12.0. The second kappa shape index (κ2) is 6.29. The summed E-state index contributed by atoms with van der Waals surface area (Å²) < 4.78 is 10.7. The summed E-state index contributed by atoms with van der Waals surface area (Å²) >= 11 is 0. The van der Waals surface area contributed by atoms with E-state index in [1.165, 1.54) is 0 Å². The highest BCUT2D eigenvalue weighted by molar-refractivity contribution is 5.97. The van der Waals surface area contributed by atoms with Gasteiger partial charge in [-0.3, -0.25) is 4.79 Å². The molecule has 0 aliphatic rings. The van der Waals surface area contributed by atoms with E-state index in [0.29, 0.717) is 29.6 Å². The van der Waals surface area contributed by atoms with Crippen LogP contribution in [0.3, 0.4) is 0 Å². The molecule has 1 aromatic heterocycles. The second-order valence-corrected chi connectivity index (χ2v) is 4.26. The Kier molecular flexibility index (Phi) is 4.47. The summed E-state index contributed by atoms with van der Waals surface area (Å²) in [5.74, 6) is 0.641. The molecule has 20 heavy (non-hydrogen) atoms. The number of carbonyl (C=O) groups excluding carboxylic acids is 1. The maximum Gasteiger partial charge on any atom is 0.253 e. The van der Waals surface area contributed by atoms with E-state index in [2.05, 4.69) is 15.5 Å². The highest BCUT2D eigenvalue weighted by Gasteiger charge is 2.16. The van der Waals surface area contributed by atoms with Gasteiger partial charge >= 0.3 is 0 Å². The molecule has 6 nitrogen and oxygen atoms in total. The molecule has 1 amide bonds. The van der Waals surface area contributed by atoms with E-state index in [1.807, 2.05) is 25.1 Å². The summed E-state index contributed by atoms with van der Waals surface area (Å²) in [5.41, 5.74) is 1.30. The number of para-hydroxylation sites is 1. The standard InChI is InChI=1S/C14H17N3O3/c1-4-19-9(2)13(18)15-12-8-6-5-7-11(12)14-17-16-10(3)20-14/h5-9H,4H2,1-3H3,(H,15,18)/t9-/m0/s1. The van der Waals surface area contributed by atoms with Gasteiger partial charge in [-0.15, -0.1) is 10.2 Å². The molecule has 1 atom stereocenters. The fourth-order valence-electron chi connectivity index (χ4n) is 1.74. The van der Waals surface area contributed by atoms with Crippen LogP contribution in [0.5, 0.6) is 0 Å². The summed E-state index contributed by atoms with van der Waals surface area (Å²) in [7, 11) is 0. The van der Waals surface area contributed by atoms with E-state index in [1.54, 1.807) is 19.9 Å². The Morgan fingerprint density at radius 2 is 2.15 bits per heavy atom. The molecule has 2 aromatic rings. The molecule has 1 heterocycles. The van der Waals surface area contributed by atoms with Crippen molar-refractivity contribution < 1.29 is 13.9 Å². The Morgan fingerprint density at radius 1 is 1.40 bits per heavy atom. The predicted octanol–water partition coefficient (Wildman–Crippen LogP) is 2.41. The van der Waals surface area contributed by atoms with E-state index in [-0.39, 0.29) is 5.91 Å². The molecule has 0 radical (unpaired) electrons. The first-order chi connectivity index (χ1) is 9.61. The molecule has 2 rings (SSSR count). The van der Waals surface area contributed by atoms with Crippen molar-refractivity contribution in [3.8, 4) is 11.5 Å². The number of carbonyl (C=O) groups is 1. The number of anilines is 1. The molecule has 0 saturated heterocycles. The molecule has 106 valence electrons. The third-order valence-corrected chi connectivity index (χ3v) is 2.73. The Bertz CT molecular complexity index is 595. The molecule has 0 bridgehead atoms. The van der Waals surface area contributed by atoms with Crippen LogP contribution in [0.1, 0.15) is 19.7 Å². The smallest absolute Gasteiger partial charge is 0.253 e. The summed E-state index contributed by atoms with van der Waals surface area (Å²) in [6, 6.07) is 7.27. The lowest BCUT2D eigenvalue weighted by Gasteiger charge is -2.13. The van der Waals surface area contributed by atoms with Crippen molar-refractivity contribution in [3.63, 3.8) is 0 Å². The SMILES string of the molecule is CCO[C@@H](C)C(=O)Nc1ccccc1-c1nnc(C)o1. The zero-order valence-corrected chi connectivity index (χ0v) is 11.7. The Balaban J connectivity index is 2.22. The van der Waals surface area contributed by atoms with Crippen LogP contribution in [0.15, 0.2) is 28.7 Å². The lowest BCUT2D eigenvalue weighted by molar-refractivity contribution is -0.126. The van der Waals surface area contributed by atoms with Gasteiger partial charge in [0.2, 0.25) is 11.8 Å². The minimum Gasteiger partial charge on any atom is -0.421 e. The van der Waals surface area contributed by atoms with Crippen LogP contribution in [0.4, 0.5) is 5.69 Å². The third-order valence-electron chi connectivity index (χ3n) is 2.73. The number of hydrogen-bond acceptors (Lipinski definition) is 5. The van der Waals surface area contributed by atoms with E-state index in [0.717, 1.165) is 0 Å². The van der Waals surface area contributed by atoms with Crippen molar-refractivity contribution in [1.29, 1.82) is 0 Å². The van der Waals surface area contributed by atoms with Crippen molar-refractivity contribution >= 4 is 11.6 Å². The normalized spacial score (nSPS) is 12.2. The first kappa shape index (κ1) is 14.2. The van der Waals surface area contributed by atoms with Gasteiger partial charge < -0.3 is 14.5 Å². The third kappa shape index (κ3) is 3.21. The zero-order valence-electron chi connectivity index (χ0n) is 11.7. The van der Waals surface area contributed by atoms with E-state index >= 15 is 0 Å². The predicted molar refractivity (Wildman–Crippen MR) is 74.2 cm³/mol. The molecule has 1 N–H and O–H groups in total. The zero-order chi connectivity index (χ0) is 14.5. The lowest BCUT2D eigenvalue weighted by Crippen LogP contribution is -2.27. The van der Waals surface area contributed by atoms with Gasteiger partial charge in [-0.2, -0.15) is 0 Å². The van der Waals surface area contributed by atoms with Gasteiger partial charge in [0, 0.05) is 13.5 Å². The van der Waals surface area contributed by atoms with Gasteiger partial charge in [0.1, 0.15) is 6.10 Å². The Morgan fingerprint density at radius 3 is 2.80 bits per heavy atom. The van der Waals surface area contributed by atoms with Crippen molar-refractivity contribution in [2.24, 2.45) is 0 Å². The monoisotopic (exact) mass is 275 g/mol. The highest BCUT2D eigenvalue weighted by atomic mass is 16.5. The molecule has 0 aliphatic heterocycles. The fourth-order valence-corrected chi connectivity index (χ4v) is 1.74. The largest absolute Gasteiger partial charge is 0.421 e. The summed E-state index contributed by atoms with van der Waals surface area (Å²) in [5, 5.41) is 10.6. The average molecular weight is 275 g/mol. The number of nitrogens with zero attached hydrogens (tertiary/aromatic N) is 2. The molecule has 0 saturated carbocycles. The van der Waals surface area contributed by atoms with Crippen LogP contribution in [-0.4, -0.2) is 28.8 Å². The van der Waals surface area contributed by atoms with E-state index in [4.69, 9.17) is 9.15 Å². The summed E-state index contributed by atoms with van der Waals surface area (Å²) in [6.07, 6.45) is -0.516. The molecular weight excluding hydrogens is 258 g/mol. The van der Waals surface area contributed by atoms with Crippen LogP contribution in [0.2, 0.25) is 0 Å². The highest BCUT2D eigenvalue weighted by Crippen LogP contribution is 2.26. The Labute approximate surface area is 117 Å². The molecule has 0 fully saturated rings. The van der Waals surface area contributed by atoms with Crippen LogP contribution in [0.25, 0.3) is 11.5 Å². The van der Waals surface area contributed by atoms with Crippen LogP contribution in [-0.2, 0) is 9.53 Å². The molecule has 1 aromatic carbocycles. The number of amides is 1. The number of aromatic nitrogens is 2. The first-order valence-corrected chi connectivity index (χ1v) is 6.43. The van der Waals surface area contributed by atoms with Crippen LogP contribution in [0, 0.1) is 6.92 Å². The molecule has 0 unspecified atom stereocenters. The van der Waals surface area contributed by atoms with Gasteiger partial charge in [-0.1, -0.05) is 12.1 Å². The lowest BCUT2D eigenvalue weighted by atomic mass is 10.1. The maximum absolute atomic E-state index is 12.0. The first-order valence-electron chi connectivity index (χ1n) is 6.43. The van der Waals surface area contributed by atoms with Gasteiger partial charge in [-0.25, -0.2) is 0 Å². The van der Waals surface area contributed by atoms with Crippen molar-refractivity contribution in [1.82, 2.24) is 10.2 Å². The number of rotatable bonds is 5. The topological polar surface area (TPSA) is 77.2 Å². The summed E-state index contributed by atoms with van der Waals surface area (Å²) in [6.45, 7) is 5.76. The van der Waals surface area contributed by atoms with Gasteiger partial charge in [0.05, 0.1) is 11.3 Å². The molecule has 0 aliphatic carbocycles. The quantitative estimate of drug-likeness (QED) is 0.906. The number of aryl methyl sites for hydroxylation is 1. The van der Waals surface area contributed by atoms with E-state index < -0.39 is 6.10 Å². The van der Waals surface area contributed by atoms with Crippen molar-refractivity contribution in [3.05, 3.63) is 30.2 Å². The van der Waals surface area contributed by atoms with Crippen LogP contribution >= 0.6 is 0 Å². The number of hydrogen-bond donors (Lipinski definition) is 1. The summed E-state index contributed by atoms with van der Waals surface area (Å²) in [4.78, 5) is 12.0. The van der Waals surface area contributed by atoms with Gasteiger partial charge in [-0.05, 0) is 26.0 Å². The van der Waals surface area contributed by atoms with E-state index in [9.17, 15) is 4.79 Å². The fraction of sp³-hybridized carbons (Fsp3) is 0.357. The van der Waals surface area contributed by atoms with Crippen molar-refractivity contribution in [2.45, 2.75) is 26.9 Å². The van der Waals surface area contributed by atoms with Gasteiger partial charge in [0.25, 0.3) is 5.91 Å². The molecule has 6 heteroatoms. The van der Waals surface area contributed by atoms with Gasteiger partial charge in [0.15, 0.2) is 0 Å². The second-order valence-electron chi connectivity index (χ2n) is 4.26. The Hall–Kier alpha value is -2.21. The number of nitrogens with one attached hydrogen (secondary N) is 1. The average Bonchev–Trinajstić information content (AvgIpc) is 2.86. The number of ether oxygens (including phenoxy) is 1. The van der Waals surface area contributed by atoms with Crippen LogP contribution < -0.4 is 5.32 Å². The number of benzene rings is 1. The molecule has 0 spiro atoms.